The van der Waals surface area contributed by atoms with Gasteiger partial charge in [0.1, 0.15) is 5.56 Å². The zero-order chi connectivity index (χ0) is 21.1. The van der Waals surface area contributed by atoms with Gasteiger partial charge in [-0.05, 0) is 36.9 Å². The normalized spacial score (nSPS) is 14.6. The van der Waals surface area contributed by atoms with Crippen LogP contribution in [0.4, 0.5) is 11.4 Å². The summed E-state index contributed by atoms with van der Waals surface area (Å²) in [5.74, 6) is -1.14. The average Bonchev–Trinajstić information content (AvgIpc) is 3.03. The van der Waals surface area contributed by atoms with Gasteiger partial charge in [-0.3, -0.25) is 4.79 Å². The number of H-pyrrole nitrogens is 1. The van der Waals surface area contributed by atoms with E-state index in [-0.39, 0.29) is 17.2 Å². The Kier molecular flexibility index (Phi) is 5.63. The standard InChI is InChI=1S/C23H26N4O3/c1-26-11-13-27(14-12-26)18-9-7-17(8-10-18)24-22(29)20-21(28)19(25-23(20)30)15-16-5-3-2-4-6-16/h2-10,25,28,30H,11-15H2,1H3,(H,24,29). The first-order valence-corrected chi connectivity index (χ1v) is 10.0. The number of carbonyl (C=O) groups is 1. The fraction of sp³-hybridized carbons (Fsp3) is 0.261. The van der Waals surface area contributed by atoms with Gasteiger partial charge in [0, 0.05) is 44.0 Å². The van der Waals surface area contributed by atoms with Crippen LogP contribution in [0.2, 0.25) is 0 Å². The molecular weight excluding hydrogens is 380 g/mol. The Balaban J connectivity index is 1.45. The number of amides is 1. The minimum atomic E-state index is -0.562. The van der Waals surface area contributed by atoms with Crippen LogP contribution in [0.3, 0.4) is 0 Å². The molecule has 1 saturated heterocycles. The van der Waals surface area contributed by atoms with E-state index >= 15 is 0 Å². The highest BCUT2D eigenvalue weighted by molar-refractivity contribution is 6.08. The second-order valence-electron chi connectivity index (χ2n) is 7.63. The van der Waals surface area contributed by atoms with Gasteiger partial charge >= 0.3 is 0 Å². The Morgan fingerprint density at radius 2 is 1.67 bits per heavy atom. The van der Waals surface area contributed by atoms with Gasteiger partial charge in [0.2, 0.25) is 5.88 Å². The second-order valence-corrected chi connectivity index (χ2v) is 7.63. The summed E-state index contributed by atoms with van der Waals surface area (Å²) in [6.07, 6.45) is 0.382. The molecule has 1 aliphatic heterocycles. The molecule has 2 aromatic carbocycles. The highest BCUT2D eigenvalue weighted by atomic mass is 16.3. The summed E-state index contributed by atoms with van der Waals surface area (Å²) in [5.41, 5.74) is 2.92. The Labute approximate surface area is 175 Å². The van der Waals surface area contributed by atoms with Crippen molar-refractivity contribution in [2.24, 2.45) is 0 Å². The van der Waals surface area contributed by atoms with E-state index in [9.17, 15) is 15.0 Å². The fourth-order valence-electron chi connectivity index (χ4n) is 3.68. The molecule has 0 radical (unpaired) electrons. The minimum absolute atomic E-state index is 0.149. The van der Waals surface area contributed by atoms with Crippen LogP contribution >= 0.6 is 0 Å². The van der Waals surface area contributed by atoms with Crippen molar-refractivity contribution in [1.82, 2.24) is 9.88 Å². The van der Waals surface area contributed by atoms with Gasteiger partial charge in [-0.1, -0.05) is 30.3 Å². The third-order valence-electron chi connectivity index (χ3n) is 5.47. The number of carbonyl (C=O) groups excluding carboxylic acids is 1. The van der Waals surface area contributed by atoms with Crippen LogP contribution in [0, 0.1) is 0 Å². The number of rotatable bonds is 5. The summed E-state index contributed by atoms with van der Waals surface area (Å²) in [5, 5.41) is 23.4. The van der Waals surface area contributed by atoms with Crippen molar-refractivity contribution < 1.29 is 15.0 Å². The van der Waals surface area contributed by atoms with E-state index in [4.69, 9.17) is 0 Å². The lowest BCUT2D eigenvalue weighted by molar-refractivity contribution is 0.102. The topological polar surface area (TPSA) is 91.8 Å². The molecule has 4 rings (SSSR count). The molecule has 30 heavy (non-hydrogen) atoms. The summed E-state index contributed by atoms with van der Waals surface area (Å²) in [6, 6.07) is 17.1. The van der Waals surface area contributed by atoms with Crippen molar-refractivity contribution in [1.29, 1.82) is 0 Å². The maximum absolute atomic E-state index is 12.7. The first-order chi connectivity index (χ1) is 14.5. The number of piperazine rings is 1. The van der Waals surface area contributed by atoms with Crippen molar-refractivity contribution in [2.75, 3.05) is 43.4 Å². The zero-order valence-corrected chi connectivity index (χ0v) is 16.9. The summed E-state index contributed by atoms with van der Waals surface area (Å²) >= 11 is 0. The fourth-order valence-corrected chi connectivity index (χ4v) is 3.68. The number of aromatic amines is 1. The van der Waals surface area contributed by atoms with Crippen LogP contribution < -0.4 is 10.2 Å². The Bertz CT molecular complexity index is 1010. The molecule has 7 heteroatoms. The number of nitrogens with one attached hydrogen (secondary N) is 2. The zero-order valence-electron chi connectivity index (χ0n) is 16.9. The molecule has 0 aliphatic carbocycles. The van der Waals surface area contributed by atoms with E-state index in [2.05, 4.69) is 27.1 Å². The first kappa shape index (κ1) is 19.8. The number of aromatic nitrogens is 1. The van der Waals surface area contributed by atoms with E-state index < -0.39 is 5.91 Å². The van der Waals surface area contributed by atoms with E-state index in [1.54, 1.807) is 0 Å². The third kappa shape index (κ3) is 4.26. The molecule has 2 heterocycles. The highest BCUT2D eigenvalue weighted by Gasteiger charge is 2.23. The van der Waals surface area contributed by atoms with E-state index in [0.29, 0.717) is 17.8 Å². The Morgan fingerprint density at radius 1 is 1.00 bits per heavy atom. The monoisotopic (exact) mass is 406 g/mol. The molecule has 156 valence electrons. The maximum Gasteiger partial charge on any atom is 0.264 e. The number of benzene rings is 2. The van der Waals surface area contributed by atoms with Gasteiger partial charge in [-0.2, -0.15) is 0 Å². The molecular formula is C23H26N4O3. The maximum atomic E-state index is 12.7. The summed E-state index contributed by atoms with van der Waals surface area (Å²) in [6.45, 7) is 3.99. The number of hydrogen-bond acceptors (Lipinski definition) is 5. The molecule has 1 aromatic heterocycles. The minimum Gasteiger partial charge on any atom is -0.505 e. The summed E-state index contributed by atoms with van der Waals surface area (Å²) in [4.78, 5) is 20.0. The van der Waals surface area contributed by atoms with Crippen LogP contribution in [-0.2, 0) is 6.42 Å². The van der Waals surface area contributed by atoms with Gasteiger partial charge in [0.15, 0.2) is 5.75 Å². The van der Waals surface area contributed by atoms with Crippen molar-refractivity contribution >= 4 is 17.3 Å². The molecule has 0 unspecified atom stereocenters. The van der Waals surface area contributed by atoms with Crippen LogP contribution in [0.5, 0.6) is 11.6 Å². The van der Waals surface area contributed by atoms with E-state index in [1.165, 1.54) is 0 Å². The molecule has 4 N–H and O–H groups in total. The molecule has 0 atom stereocenters. The lowest BCUT2D eigenvalue weighted by Crippen LogP contribution is -2.44. The summed E-state index contributed by atoms with van der Waals surface area (Å²) in [7, 11) is 2.12. The Morgan fingerprint density at radius 3 is 2.33 bits per heavy atom. The first-order valence-electron chi connectivity index (χ1n) is 10.0. The Hall–Kier alpha value is -3.45. The SMILES string of the molecule is CN1CCN(c2ccc(NC(=O)c3c(O)[nH]c(Cc4ccccc4)c3O)cc2)CC1. The highest BCUT2D eigenvalue weighted by Crippen LogP contribution is 2.33. The van der Waals surface area contributed by atoms with E-state index in [1.807, 2.05) is 54.6 Å². The summed E-state index contributed by atoms with van der Waals surface area (Å²) < 4.78 is 0. The molecule has 3 aromatic rings. The molecule has 1 amide bonds. The third-order valence-corrected chi connectivity index (χ3v) is 5.47. The van der Waals surface area contributed by atoms with Crippen LogP contribution in [0.15, 0.2) is 54.6 Å². The number of aromatic hydroxyl groups is 2. The molecule has 7 nitrogen and oxygen atoms in total. The second kappa shape index (κ2) is 8.51. The number of likely N-dealkylation sites (N-methyl/N-ethyl adjacent to an activating group) is 1. The van der Waals surface area contributed by atoms with Crippen molar-refractivity contribution in [3.63, 3.8) is 0 Å². The van der Waals surface area contributed by atoms with E-state index in [0.717, 1.165) is 37.4 Å². The predicted octanol–water partition coefficient (Wildman–Crippen LogP) is 3.02. The lowest BCUT2D eigenvalue weighted by atomic mass is 10.1. The molecule has 0 saturated carbocycles. The number of hydrogen-bond donors (Lipinski definition) is 4. The van der Waals surface area contributed by atoms with Gasteiger partial charge in [0.25, 0.3) is 5.91 Å². The van der Waals surface area contributed by atoms with Crippen LogP contribution in [0.1, 0.15) is 21.6 Å². The molecule has 0 spiro atoms. The number of nitrogens with zero attached hydrogens (tertiary/aromatic N) is 2. The average molecular weight is 406 g/mol. The molecule has 1 fully saturated rings. The van der Waals surface area contributed by atoms with Gasteiger partial charge in [-0.15, -0.1) is 0 Å². The van der Waals surface area contributed by atoms with Gasteiger partial charge in [0.05, 0.1) is 5.69 Å². The van der Waals surface area contributed by atoms with Gasteiger partial charge in [-0.25, -0.2) is 0 Å². The predicted molar refractivity (Wildman–Crippen MR) is 117 cm³/mol. The molecule has 1 aliphatic rings. The van der Waals surface area contributed by atoms with Gasteiger partial charge < -0.3 is 30.3 Å². The molecule has 0 bridgehead atoms. The lowest BCUT2D eigenvalue weighted by Gasteiger charge is -2.34. The smallest absolute Gasteiger partial charge is 0.264 e. The van der Waals surface area contributed by atoms with Crippen molar-refractivity contribution in [3.05, 3.63) is 71.4 Å². The quantitative estimate of drug-likeness (QED) is 0.523. The van der Waals surface area contributed by atoms with Crippen LogP contribution in [0.25, 0.3) is 0 Å². The largest absolute Gasteiger partial charge is 0.505 e. The number of anilines is 2. The van der Waals surface area contributed by atoms with Crippen molar-refractivity contribution in [2.45, 2.75) is 6.42 Å². The van der Waals surface area contributed by atoms with Crippen molar-refractivity contribution in [3.8, 4) is 11.6 Å². The van der Waals surface area contributed by atoms with Crippen LogP contribution in [-0.4, -0.2) is 59.2 Å².